The number of aromatic nitrogens is 2. The number of benzene rings is 1. The third-order valence-electron chi connectivity index (χ3n) is 7.28. The van der Waals surface area contributed by atoms with Gasteiger partial charge < -0.3 is 19.7 Å². The van der Waals surface area contributed by atoms with Gasteiger partial charge >= 0.3 is 6.18 Å². The molecular formula is C25H31F3N4O2. The third kappa shape index (κ3) is 5.06. The Balaban J connectivity index is 1.26. The van der Waals surface area contributed by atoms with Crippen LogP contribution in [0.15, 0.2) is 24.3 Å². The molecule has 1 aliphatic carbocycles. The fourth-order valence-corrected chi connectivity index (χ4v) is 5.65. The van der Waals surface area contributed by atoms with Gasteiger partial charge in [-0.25, -0.2) is 0 Å². The van der Waals surface area contributed by atoms with Crippen molar-refractivity contribution in [2.24, 2.45) is 11.8 Å². The molecule has 1 aromatic heterocycles. The van der Waals surface area contributed by atoms with Crippen LogP contribution in [0.1, 0.15) is 29.5 Å². The lowest BCUT2D eigenvalue weighted by Crippen LogP contribution is -2.39. The van der Waals surface area contributed by atoms with Crippen LogP contribution in [0, 0.1) is 25.7 Å². The Labute approximate surface area is 197 Å². The van der Waals surface area contributed by atoms with E-state index in [-0.39, 0.29) is 23.7 Å². The van der Waals surface area contributed by atoms with Gasteiger partial charge in [0.25, 0.3) is 0 Å². The lowest BCUT2D eigenvalue weighted by atomic mass is 10.0. The largest absolute Gasteiger partial charge is 0.420 e. The summed E-state index contributed by atoms with van der Waals surface area (Å²) in [6, 6.07) is 6.76. The normalized spacial score (nSPS) is 27.7. The molecule has 3 fully saturated rings. The predicted octanol–water partition coefficient (Wildman–Crippen LogP) is 4.32. The van der Waals surface area contributed by atoms with Crippen molar-refractivity contribution in [1.29, 1.82) is 0 Å². The van der Waals surface area contributed by atoms with Crippen LogP contribution >= 0.6 is 0 Å². The summed E-state index contributed by atoms with van der Waals surface area (Å²) in [6.45, 7) is 8.46. The first-order chi connectivity index (χ1) is 16.3. The fourth-order valence-electron chi connectivity index (χ4n) is 5.65. The second-order valence-electron chi connectivity index (χ2n) is 9.93. The molecule has 0 spiro atoms. The molecule has 6 nitrogen and oxygen atoms in total. The van der Waals surface area contributed by atoms with Crippen molar-refractivity contribution in [3.63, 3.8) is 0 Å². The van der Waals surface area contributed by atoms with Crippen molar-refractivity contribution in [2.45, 2.75) is 45.0 Å². The highest BCUT2D eigenvalue weighted by Gasteiger charge is 2.43. The minimum absolute atomic E-state index is 0.0339. The van der Waals surface area contributed by atoms with Gasteiger partial charge in [-0.3, -0.25) is 0 Å². The van der Waals surface area contributed by atoms with Gasteiger partial charge in [-0.05, 0) is 56.2 Å². The van der Waals surface area contributed by atoms with Gasteiger partial charge in [0.15, 0.2) is 5.82 Å². The molecule has 1 saturated carbocycles. The molecule has 184 valence electrons. The van der Waals surface area contributed by atoms with Crippen molar-refractivity contribution in [3.8, 4) is 11.3 Å². The zero-order chi connectivity index (χ0) is 23.9. The number of likely N-dealkylation sites (tertiary alicyclic amines) is 1. The summed E-state index contributed by atoms with van der Waals surface area (Å²) in [5, 5.41) is 11.3. The van der Waals surface area contributed by atoms with Crippen LogP contribution in [-0.4, -0.2) is 66.7 Å². The molecule has 3 aliphatic rings. The first-order valence-corrected chi connectivity index (χ1v) is 12.0. The summed E-state index contributed by atoms with van der Waals surface area (Å²) < 4.78 is 53.2. The van der Waals surface area contributed by atoms with E-state index in [4.69, 9.17) is 9.47 Å². The first kappa shape index (κ1) is 23.5. The van der Waals surface area contributed by atoms with Crippen molar-refractivity contribution in [3.05, 3.63) is 41.0 Å². The van der Waals surface area contributed by atoms with E-state index in [0.29, 0.717) is 37.2 Å². The summed E-state index contributed by atoms with van der Waals surface area (Å²) in [5.41, 5.74) is 1.99. The second-order valence-corrected chi connectivity index (χ2v) is 9.93. The Morgan fingerprint density at radius 2 is 1.82 bits per heavy atom. The number of aryl methyl sites for hydroxylation is 2. The van der Waals surface area contributed by atoms with Crippen LogP contribution in [-0.2, 0) is 15.7 Å². The Bertz CT molecular complexity index is 1010. The van der Waals surface area contributed by atoms with Gasteiger partial charge in [-0.15, -0.1) is 10.2 Å². The van der Waals surface area contributed by atoms with E-state index in [0.717, 1.165) is 49.7 Å². The minimum atomic E-state index is -4.52. The molecule has 2 aromatic rings. The van der Waals surface area contributed by atoms with E-state index in [9.17, 15) is 13.2 Å². The zero-order valence-electron chi connectivity index (χ0n) is 19.6. The number of anilines is 1. The lowest BCUT2D eigenvalue weighted by molar-refractivity contribution is -0.137. The van der Waals surface area contributed by atoms with E-state index in [1.807, 2.05) is 32.0 Å². The van der Waals surface area contributed by atoms with E-state index >= 15 is 0 Å². The van der Waals surface area contributed by atoms with Crippen LogP contribution in [0.4, 0.5) is 19.0 Å². The maximum Gasteiger partial charge on any atom is 0.420 e. The summed E-state index contributed by atoms with van der Waals surface area (Å²) in [6.07, 6.45) is -2.73. The lowest BCUT2D eigenvalue weighted by Gasteiger charge is -2.28. The molecule has 34 heavy (non-hydrogen) atoms. The van der Waals surface area contributed by atoms with Crippen molar-refractivity contribution < 1.29 is 22.6 Å². The van der Waals surface area contributed by atoms with Crippen LogP contribution in [0.25, 0.3) is 11.3 Å². The first-order valence-electron chi connectivity index (χ1n) is 12.0. The van der Waals surface area contributed by atoms with E-state index in [1.165, 1.54) is 0 Å². The Morgan fingerprint density at radius 3 is 2.50 bits per heavy atom. The quantitative estimate of drug-likeness (QED) is 0.694. The number of hydrogen-bond donors (Lipinski definition) is 1. The number of fused-ring (bicyclic) bond motifs is 1. The summed E-state index contributed by atoms with van der Waals surface area (Å²) in [7, 11) is 0. The van der Waals surface area contributed by atoms with Crippen molar-refractivity contribution >= 4 is 5.82 Å². The fraction of sp³-hybridized carbons (Fsp3) is 0.600. The molecule has 3 heterocycles. The molecule has 1 N–H and O–H groups in total. The minimum Gasteiger partial charge on any atom is -0.376 e. The summed E-state index contributed by atoms with van der Waals surface area (Å²) in [5.74, 6) is 0.771. The molecule has 5 rings (SSSR count). The van der Waals surface area contributed by atoms with Crippen LogP contribution in [0.2, 0.25) is 0 Å². The Hall–Kier alpha value is -2.23. The predicted molar refractivity (Wildman–Crippen MR) is 123 cm³/mol. The highest BCUT2D eigenvalue weighted by Crippen LogP contribution is 2.41. The number of rotatable bonds is 5. The highest BCUT2D eigenvalue weighted by molar-refractivity contribution is 5.66. The van der Waals surface area contributed by atoms with Gasteiger partial charge in [0.05, 0.1) is 31.6 Å². The molecule has 2 saturated heterocycles. The zero-order valence-corrected chi connectivity index (χ0v) is 19.6. The van der Waals surface area contributed by atoms with E-state index in [2.05, 4.69) is 20.4 Å². The standard InChI is InChI=1S/C25H31F3N4O2/c1-15-3-4-16(2)21(7-15)23-10-22(25(26,27)28)24(31-30-23)29-19-8-17-11-32(12-18(17)9-19)13-20-14-33-5-6-34-20/h3-4,7,10,17-20H,5-6,8-9,11-14H2,1-2H3,(H,29,31)/t17-,18+,19?,20?. The average Bonchev–Trinajstić information content (AvgIpc) is 3.33. The number of ether oxygens (including phenoxy) is 2. The van der Waals surface area contributed by atoms with Gasteiger partial charge in [0, 0.05) is 31.2 Å². The number of halogens is 3. The monoisotopic (exact) mass is 476 g/mol. The SMILES string of the molecule is Cc1ccc(C)c(-c2cc(C(F)(F)F)c(NC3C[C@@H]4CN(CC5COCCO5)C[C@@H]4C3)nn2)c1. The Kier molecular flexibility index (Phi) is 6.52. The summed E-state index contributed by atoms with van der Waals surface area (Å²) >= 11 is 0. The number of nitrogens with one attached hydrogen (secondary N) is 1. The Morgan fingerprint density at radius 1 is 1.06 bits per heavy atom. The maximum absolute atomic E-state index is 14.0. The maximum atomic E-state index is 14.0. The highest BCUT2D eigenvalue weighted by atomic mass is 19.4. The molecule has 4 atom stereocenters. The van der Waals surface area contributed by atoms with Crippen LogP contribution in [0.3, 0.4) is 0 Å². The van der Waals surface area contributed by atoms with E-state index < -0.39 is 11.7 Å². The molecule has 2 aliphatic heterocycles. The second kappa shape index (κ2) is 9.43. The van der Waals surface area contributed by atoms with Gasteiger partial charge in [0.1, 0.15) is 5.56 Å². The third-order valence-corrected chi connectivity index (χ3v) is 7.28. The molecule has 0 amide bonds. The van der Waals surface area contributed by atoms with E-state index in [1.54, 1.807) is 0 Å². The molecule has 9 heteroatoms. The van der Waals surface area contributed by atoms with Gasteiger partial charge in [-0.1, -0.05) is 17.7 Å². The molecule has 0 radical (unpaired) electrons. The van der Waals surface area contributed by atoms with Gasteiger partial charge in [-0.2, -0.15) is 13.2 Å². The molecular weight excluding hydrogens is 445 g/mol. The van der Waals surface area contributed by atoms with Crippen molar-refractivity contribution in [1.82, 2.24) is 15.1 Å². The smallest absolute Gasteiger partial charge is 0.376 e. The topological polar surface area (TPSA) is 59.5 Å². The van der Waals surface area contributed by atoms with Gasteiger partial charge in [0.2, 0.25) is 0 Å². The number of alkyl halides is 3. The number of nitrogens with zero attached hydrogens (tertiary/aromatic N) is 3. The average molecular weight is 477 g/mol. The van der Waals surface area contributed by atoms with Crippen LogP contribution in [0.5, 0.6) is 0 Å². The molecule has 1 aromatic carbocycles. The number of hydrogen-bond acceptors (Lipinski definition) is 6. The molecule has 0 bridgehead atoms. The molecule has 2 unspecified atom stereocenters. The van der Waals surface area contributed by atoms with Crippen molar-refractivity contribution in [2.75, 3.05) is 44.8 Å². The summed E-state index contributed by atoms with van der Waals surface area (Å²) in [4.78, 5) is 2.41. The van der Waals surface area contributed by atoms with Crippen LogP contribution < -0.4 is 5.32 Å².